The highest BCUT2D eigenvalue weighted by Gasteiger charge is 2.18. The second-order valence-electron chi connectivity index (χ2n) is 4.14. The van der Waals surface area contributed by atoms with Gasteiger partial charge in [-0.25, -0.2) is 0 Å². The van der Waals surface area contributed by atoms with E-state index in [2.05, 4.69) is 6.92 Å². The largest absolute Gasteiger partial charge is 0.496 e. The zero-order valence-electron chi connectivity index (χ0n) is 9.51. The van der Waals surface area contributed by atoms with E-state index < -0.39 is 0 Å². The van der Waals surface area contributed by atoms with Crippen LogP contribution in [0, 0.1) is 0 Å². The highest BCUT2D eigenvalue weighted by Crippen LogP contribution is 2.26. The summed E-state index contributed by atoms with van der Waals surface area (Å²) in [7, 11) is 1.66. The van der Waals surface area contributed by atoms with Gasteiger partial charge in [0.1, 0.15) is 5.75 Å². The lowest BCUT2D eigenvalue weighted by Gasteiger charge is -2.23. The number of hydrogen-bond donors (Lipinski definition) is 1. The van der Waals surface area contributed by atoms with E-state index in [4.69, 9.17) is 22.1 Å². The van der Waals surface area contributed by atoms with Crippen LogP contribution in [0.1, 0.15) is 25.8 Å². The summed E-state index contributed by atoms with van der Waals surface area (Å²) in [5, 5.41) is 0.720. The van der Waals surface area contributed by atoms with E-state index in [-0.39, 0.29) is 5.54 Å². The summed E-state index contributed by atoms with van der Waals surface area (Å²) in [6.07, 6.45) is 1.69. The molecule has 1 unspecified atom stereocenters. The zero-order chi connectivity index (χ0) is 11.5. The second-order valence-corrected chi connectivity index (χ2v) is 4.58. The molecule has 1 aromatic rings. The first-order valence-electron chi connectivity index (χ1n) is 5.10. The normalized spacial score (nSPS) is 14.7. The molecule has 0 aliphatic carbocycles. The molecule has 0 saturated carbocycles. The Morgan fingerprint density at radius 3 is 2.67 bits per heavy atom. The van der Waals surface area contributed by atoms with E-state index in [1.54, 1.807) is 7.11 Å². The average Bonchev–Trinajstić information content (AvgIpc) is 2.18. The van der Waals surface area contributed by atoms with Gasteiger partial charge in [0.05, 0.1) is 7.11 Å². The second kappa shape index (κ2) is 4.86. The van der Waals surface area contributed by atoms with Gasteiger partial charge in [0, 0.05) is 10.6 Å². The topological polar surface area (TPSA) is 35.2 Å². The summed E-state index contributed by atoms with van der Waals surface area (Å²) in [5.41, 5.74) is 6.98. The van der Waals surface area contributed by atoms with E-state index in [0.717, 1.165) is 29.2 Å². The number of ether oxygens (including phenoxy) is 1. The minimum Gasteiger partial charge on any atom is -0.496 e. The number of nitrogens with two attached hydrogens (primary N) is 1. The summed E-state index contributed by atoms with van der Waals surface area (Å²) in [4.78, 5) is 0. The number of rotatable bonds is 4. The van der Waals surface area contributed by atoms with E-state index in [1.807, 2.05) is 25.1 Å². The standard InChI is InChI=1S/C12H18ClNO/c1-4-12(2,14)8-9-7-10(13)5-6-11(9)15-3/h5-7H,4,8,14H2,1-3H3. The van der Waals surface area contributed by atoms with Gasteiger partial charge in [-0.3, -0.25) is 0 Å². The quantitative estimate of drug-likeness (QED) is 0.858. The highest BCUT2D eigenvalue weighted by atomic mass is 35.5. The van der Waals surface area contributed by atoms with Gasteiger partial charge >= 0.3 is 0 Å². The summed E-state index contributed by atoms with van der Waals surface area (Å²) in [5.74, 6) is 0.851. The highest BCUT2D eigenvalue weighted by molar-refractivity contribution is 6.30. The summed E-state index contributed by atoms with van der Waals surface area (Å²) >= 11 is 5.95. The third-order valence-corrected chi connectivity index (χ3v) is 2.88. The molecular formula is C12H18ClNO. The Morgan fingerprint density at radius 1 is 1.47 bits per heavy atom. The molecule has 0 amide bonds. The van der Waals surface area contributed by atoms with E-state index in [9.17, 15) is 0 Å². The molecule has 3 heteroatoms. The van der Waals surface area contributed by atoms with Crippen molar-refractivity contribution >= 4 is 11.6 Å². The molecule has 84 valence electrons. The molecule has 0 aliphatic heterocycles. The molecule has 2 N–H and O–H groups in total. The Labute approximate surface area is 96.4 Å². The van der Waals surface area contributed by atoms with Crippen molar-refractivity contribution in [3.05, 3.63) is 28.8 Å². The van der Waals surface area contributed by atoms with Crippen LogP contribution in [-0.2, 0) is 6.42 Å². The molecular weight excluding hydrogens is 210 g/mol. The van der Waals surface area contributed by atoms with Crippen LogP contribution in [0.25, 0.3) is 0 Å². The maximum absolute atomic E-state index is 6.12. The van der Waals surface area contributed by atoms with Gasteiger partial charge in [0.15, 0.2) is 0 Å². The number of halogens is 1. The monoisotopic (exact) mass is 227 g/mol. The SMILES string of the molecule is CCC(C)(N)Cc1cc(Cl)ccc1OC. The first-order chi connectivity index (χ1) is 6.98. The van der Waals surface area contributed by atoms with Crippen LogP contribution in [0.3, 0.4) is 0 Å². The van der Waals surface area contributed by atoms with Gasteiger partial charge in [0.2, 0.25) is 0 Å². The molecule has 0 saturated heterocycles. The van der Waals surface area contributed by atoms with Crippen LogP contribution in [-0.4, -0.2) is 12.6 Å². The Morgan fingerprint density at radius 2 is 2.13 bits per heavy atom. The van der Waals surface area contributed by atoms with Crippen molar-refractivity contribution in [1.82, 2.24) is 0 Å². The van der Waals surface area contributed by atoms with Crippen LogP contribution in [0.2, 0.25) is 5.02 Å². The number of methoxy groups -OCH3 is 1. The molecule has 0 radical (unpaired) electrons. The van der Waals surface area contributed by atoms with Crippen LogP contribution in [0.15, 0.2) is 18.2 Å². The van der Waals surface area contributed by atoms with Crippen molar-refractivity contribution < 1.29 is 4.74 Å². The van der Waals surface area contributed by atoms with Crippen LogP contribution >= 0.6 is 11.6 Å². The molecule has 0 aliphatic rings. The third-order valence-electron chi connectivity index (χ3n) is 2.64. The first kappa shape index (κ1) is 12.3. The predicted molar refractivity (Wildman–Crippen MR) is 64.6 cm³/mol. The van der Waals surface area contributed by atoms with Crippen molar-refractivity contribution in [1.29, 1.82) is 0 Å². The molecule has 0 fully saturated rings. The molecule has 2 nitrogen and oxygen atoms in total. The fraction of sp³-hybridized carbons (Fsp3) is 0.500. The summed E-state index contributed by atoms with van der Waals surface area (Å²) < 4.78 is 5.28. The smallest absolute Gasteiger partial charge is 0.122 e. The van der Waals surface area contributed by atoms with E-state index in [1.165, 1.54) is 0 Å². The Bertz CT molecular complexity index is 336. The van der Waals surface area contributed by atoms with Crippen molar-refractivity contribution in [2.45, 2.75) is 32.2 Å². The molecule has 0 heterocycles. The number of hydrogen-bond acceptors (Lipinski definition) is 2. The van der Waals surface area contributed by atoms with Gasteiger partial charge in [-0.05, 0) is 43.5 Å². The Kier molecular flexibility index (Phi) is 4.00. The molecule has 1 rings (SSSR count). The van der Waals surface area contributed by atoms with Gasteiger partial charge in [-0.15, -0.1) is 0 Å². The summed E-state index contributed by atoms with van der Waals surface area (Å²) in [6, 6.07) is 5.62. The lowest BCUT2D eigenvalue weighted by atomic mass is 9.91. The number of benzene rings is 1. The average molecular weight is 228 g/mol. The minimum atomic E-state index is -0.210. The molecule has 0 spiro atoms. The van der Waals surface area contributed by atoms with Gasteiger partial charge in [-0.2, -0.15) is 0 Å². The van der Waals surface area contributed by atoms with Crippen LogP contribution in [0.4, 0.5) is 0 Å². The molecule has 15 heavy (non-hydrogen) atoms. The van der Waals surface area contributed by atoms with E-state index in [0.29, 0.717) is 0 Å². The van der Waals surface area contributed by atoms with Crippen LogP contribution < -0.4 is 10.5 Å². The minimum absolute atomic E-state index is 0.210. The third kappa shape index (κ3) is 3.40. The fourth-order valence-electron chi connectivity index (χ4n) is 1.45. The zero-order valence-corrected chi connectivity index (χ0v) is 10.3. The van der Waals surface area contributed by atoms with Crippen molar-refractivity contribution in [2.75, 3.05) is 7.11 Å². The van der Waals surface area contributed by atoms with E-state index >= 15 is 0 Å². The maximum Gasteiger partial charge on any atom is 0.122 e. The molecule has 0 bridgehead atoms. The predicted octanol–water partition coefficient (Wildman–Crippen LogP) is 3.02. The molecule has 1 aromatic carbocycles. The Hall–Kier alpha value is -0.730. The van der Waals surface area contributed by atoms with Gasteiger partial charge < -0.3 is 10.5 Å². The summed E-state index contributed by atoms with van der Waals surface area (Å²) in [6.45, 7) is 4.12. The van der Waals surface area contributed by atoms with Gasteiger partial charge in [0.25, 0.3) is 0 Å². The lowest BCUT2D eigenvalue weighted by Crippen LogP contribution is -2.37. The van der Waals surface area contributed by atoms with Crippen molar-refractivity contribution in [3.8, 4) is 5.75 Å². The van der Waals surface area contributed by atoms with Crippen molar-refractivity contribution in [3.63, 3.8) is 0 Å². The van der Waals surface area contributed by atoms with Crippen LogP contribution in [0.5, 0.6) is 5.75 Å². The van der Waals surface area contributed by atoms with Gasteiger partial charge in [-0.1, -0.05) is 18.5 Å². The maximum atomic E-state index is 6.12. The first-order valence-corrected chi connectivity index (χ1v) is 5.47. The molecule has 1 atom stereocenters. The Balaban J connectivity index is 2.97. The fourth-order valence-corrected chi connectivity index (χ4v) is 1.64. The van der Waals surface area contributed by atoms with Crippen molar-refractivity contribution in [2.24, 2.45) is 5.73 Å². The lowest BCUT2D eigenvalue weighted by molar-refractivity contribution is 0.394. The molecule has 0 aromatic heterocycles.